The van der Waals surface area contributed by atoms with E-state index in [1.165, 1.54) is 6.92 Å². The van der Waals surface area contributed by atoms with Gasteiger partial charge in [-0.05, 0) is 23.3 Å². The topological polar surface area (TPSA) is 29.1 Å². The zero-order valence-electron chi connectivity index (χ0n) is 8.01. The molecule has 0 bridgehead atoms. The Morgan fingerprint density at radius 3 is 2.50 bits per heavy atom. The van der Waals surface area contributed by atoms with Gasteiger partial charge in [0, 0.05) is 18.5 Å². The number of carbonyl (C=O) groups excluding carboxylic acids is 1. The molecule has 0 fully saturated rings. The first-order valence-corrected chi connectivity index (χ1v) is 4.65. The Morgan fingerprint density at radius 2 is 2.00 bits per heavy atom. The number of hydrogen-bond acceptors (Lipinski definition) is 1. The van der Waals surface area contributed by atoms with Gasteiger partial charge in [-0.2, -0.15) is 0 Å². The molecule has 0 aliphatic heterocycles. The van der Waals surface area contributed by atoms with Crippen LogP contribution < -0.4 is 5.32 Å². The molecule has 3 heteroatoms. The summed E-state index contributed by atoms with van der Waals surface area (Å²) in [5.41, 5.74) is 1.86. The molecule has 1 rings (SSSR count). The number of carbonyl (C=O) groups is 1. The molecular weight excluding hydrogens is 198 g/mol. The SMILES string of the molecule is C=C(CNC(C)=O)c1ccc(Cl)cc1. The first-order chi connectivity index (χ1) is 6.59. The van der Waals surface area contributed by atoms with Crippen LogP contribution in [0.4, 0.5) is 0 Å². The highest BCUT2D eigenvalue weighted by molar-refractivity contribution is 6.30. The monoisotopic (exact) mass is 209 g/mol. The van der Waals surface area contributed by atoms with Crippen LogP contribution in [0.3, 0.4) is 0 Å². The molecule has 0 aliphatic carbocycles. The summed E-state index contributed by atoms with van der Waals surface area (Å²) < 4.78 is 0. The van der Waals surface area contributed by atoms with E-state index >= 15 is 0 Å². The largest absolute Gasteiger partial charge is 0.352 e. The van der Waals surface area contributed by atoms with Gasteiger partial charge in [0.1, 0.15) is 0 Å². The lowest BCUT2D eigenvalue weighted by Crippen LogP contribution is -2.21. The van der Waals surface area contributed by atoms with Crippen molar-refractivity contribution >= 4 is 23.1 Å². The number of rotatable bonds is 3. The average molecular weight is 210 g/mol. The Balaban J connectivity index is 2.61. The summed E-state index contributed by atoms with van der Waals surface area (Å²) in [5, 5.41) is 3.38. The summed E-state index contributed by atoms with van der Waals surface area (Å²) in [4.78, 5) is 10.7. The van der Waals surface area contributed by atoms with E-state index in [1.54, 1.807) is 12.1 Å². The van der Waals surface area contributed by atoms with E-state index in [0.717, 1.165) is 11.1 Å². The van der Waals surface area contributed by atoms with Crippen LogP contribution in [0, 0.1) is 0 Å². The zero-order chi connectivity index (χ0) is 10.6. The summed E-state index contributed by atoms with van der Waals surface area (Å²) in [6, 6.07) is 7.37. The molecule has 0 aromatic heterocycles. The second kappa shape index (κ2) is 4.82. The third-order valence-electron chi connectivity index (χ3n) is 1.80. The van der Waals surface area contributed by atoms with Crippen LogP contribution in [-0.4, -0.2) is 12.5 Å². The molecule has 0 radical (unpaired) electrons. The molecule has 0 unspecified atom stereocenters. The van der Waals surface area contributed by atoms with Crippen molar-refractivity contribution in [1.82, 2.24) is 5.32 Å². The summed E-state index contributed by atoms with van der Waals surface area (Å²) in [7, 11) is 0. The van der Waals surface area contributed by atoms with E-state index in [9.17, 15) is 4.79 Å². The van der Waals surface area contributed by atoms with Crippen LogP contribution in [0.5, 0.6) is 0 Å². The van der Waals surface area contributed by atoms with Gasteiger partial charge in [-0.3, -0.25) is 4.79 Å². The van der Waals surface area contributed by atoms with E-state index in [-0.39, 0.29) is 5.91 Å². The molecule has 0 spiro atoms. The van der Waals surface area contributed by atoms with E-state index in [1.807, 2.05) is 12.1 Å². The van der Waals surface area contributed by atoms with Crippen LogP contribution in [0.25, 0.3) is 5.57 Å². The molecule has 74 valence electrons. The molecule has 2 nitrogen and oxygen atoms in total. The predicted octanol–water partition coefficient (Wildman–Crippen LogP) is 2.49. The van der Waals surface area contributed by atoms with Crippen molar-refractivity contribution in [3.63, 3.8) is 0 Å². The lowest BCUT2D eigenvalue weighted by molar-refractivity contribution is -0.118. The Morgan fingerprint density at radius 1 is 1.43 bits per heavy atom. The van der Waals surface area contributed by atoms with Crippen LogP contribution in [0.15, 0.2) is 30.8 Å². The third kappa shape index (κ3) is 3.23. The highest BCUT2D eigenvalue weighted by Gasteiger charge is 1.99. The molecule has 1 aromatic rings. The molecule has 14 heavy (non-hydrogen) atoms. The molecule has 1 N–H and O–H groups in total. The van der Waals surface area contributed by atoms with Crippen LogP contribution in [0.2, 0.25) is 5.02 Å². The first-order valence-electron chi connectivity index (χ1n) is 4.28. The Hall–Kier alpha value is -1.28. The minimum Gasteiger partial charge on any atom is -0.352 e. The maximum atomic E-state index is 10.7. The van der Waals surface area contributed by atoms with E-state index < -0.39 is 0 Å². The molecule has 0 saturated carbocycles. The van der Waals surface area contributed by atoms with Gasteiger partial charge in [0.15, 0.2) is 0 Å². The van der Waals surface area contributed by atoms with Gasteiger partial charge >= 0.3 is 0 Å². The molecular formula is C11H12ClNO. The normalized spacial score (nSPS) is 9.57. The Bertz CT molecular complexity index is 343. The van der Waals surface area contributed by atoms with Crippen molar-refractivity contribution in [2.45, 2.75) is 6.92 Å². The number of hydrogen-bond donors (Lipinski definition) is 1. The highest BCUT2D eigenvalue weighted by Crippen LogP contribution is 2.15. The number of amides is 1. The maximum absolute atomic E-state index is 10.7. The quantitative estimate of drug-likeness (QED) is 0.814. The molecule has 0 atom stereocenters. The fourth-order valence-corrected chi connectivity index (χ4v) is 1.14. The Kier molecular flexibility index (Phi) is 3.72. The van der Waals surface area contributed by atoms with Crippen molar-refractivity contribution < 1.29 is 4.79 Å². The van der Waals surface area contributed by atoms with Gasteiger partial charge < -0.3 is 5.32 Å². The summed E-state index contributed by atoms with van der Waals surface area (Å²) in [5.74, 6) is -0.0555. The molecule has 1 aromatic carbocycles. The van der Waals surface area contributed by atoms with E-state index in [4.69, 9.17) is 11.6 Å². The van der Waals surface area contributed by atoms with Crippen LogP contribution in [0.1, 0.15) is 12.5 Å². The number of halogens is 1. The van der Waals surface area contributed by atoms with Crippen LogP contribution in [-0.2, 0) is 4.79 Å². The van der Waals surface area contributed by atoms with Gasteiger partial charge in [-0.15, -0.1) is 0 Å². The van der Waals surface area contributed by atoms with Crippen molar-refractivity contribution in [3.8, 4) is 0 Å². The molecule has 0 heterocycles. The van der Waals surface area contributed by atoms with Gasteiger partial charge in [-0.25, -0.2) is 0 Å². The van der Waals surface area contributed by atoms with Gasteiger partial charge in [0.25, 0.3) is 0 Å². The smallest absolute Gasteiger partial charge is 0.217 e. The van der Waals surface area contributed by atoms with Crippen molar-refractivity contribution in [1.29, 1.82) is 0 Å². The van der Waals surface area contributed by atoms with E-state index in [0.29, 0.717) is 11.6 Å². The third-order valence-corrected chi connectivity index (χ3v) is 2.06. The lowest BCUT2D eigenvalue weighted by Gasteiger charge is -2.06. The first kappa shape index (κ1) is 10.8. The highest BCUT2D eigenvalue weighted by atomic mass is 35.5. The van der Waals surface area contributed by atoms with Crippen molar-refractivity contribution in [2.75, 3.05) is 6.54 Å². The second-order valence-corrected chi connectivity index (χ2v) is 3.46. The minimum atomic E-state index is -0.0555. The fourth-order valence-electron chi connectivity index (χ4n) is 1.02. The van der Waals surface area contributed by atoms with E-state index in [2.05, 4.69) is 11.9 Å². The van der Waals surface area contributed by atoms with Gasteiger partial charge in [0.05, 0.1) is 0 Å². The number of benzene rings is 1. The van der Waals surface area contributed by atoms with Gasteiger partial charge in [0.2, 0.25) is 5.91 Å². The summed E-state index contributed by atoms with van der Waals surface area (Å²) in [6.07, 6.45) is 0. The van der Waals surface area contributed by atoms with Gasteiger partial charge in [-0.1, -0.05) is 30.3 Å². The van der Waals surface area contributed by atoms with Crippen molar-refractivity contribution in [3.05, 3.63) is 41.4 Å². The zero-order valence-corrected chi connectivity index (χ0v) is 8.77. The summed E-state index contributed by atoms with van der Waals surface area (Å²) >= 11 is 5.74. The fraction of sp³-hybridized carbons (Fsp3) is 0.182. The predicted molar refractivity (Wildman–Crippen MR) is 59.2 cm³/mol. The lowest BCUT2D eigenvalue weighted by atomic mass is 10.1. The standard InChI is InChI=1S/C11H12ClNO/c1-8(7-13-9(2)14)10-3-5-11(12)6-4-10/h3-6H,1,7H2,2H3,(H,13,14). The molecule has 1 amide bonds. The summed E-state index contributed by atoms with van der Waals surface area (Å²) in [6.45, 7) is 5.82. The second-order valence-electron chi connectivity index (χ2n) is 3.02. The molecule has 0 saturated heterocycles. The molecule has 0 aliphatic rings. The minimum absolute atomic E-state index is 0.0555. The average Bonchev–Trinajstić information content (AvgIpc) is 2.15. The number of nitrogens with one attached hydrogen (secondary N) is 1. The van der Waals surface area contributed by atoms with Crippen molar-refractivity contribution in [2.24, 2.45) is 0 Å². The van der Waals surface area contributed by atoms with Crippen LogP contribution >= 0.6 is 11.6 Å². The maximum Gasteiger partial charge on any atom is 0.217 e. The Labute approximate surface area is 88.6 Å².